The monoisotopic (exact) mass is 225 g/mol. The number of hydrogen-bond donors (Lipinski definition) is 2. The van der Waals surface area contributed by atoms with Gasteiger partial charge in [-0.25, -0.2) is 4.98 Å². The smallest absolute Gasteiger partial charge is 0.181 e. The molecule has 0 aliphatic heterocycles. The predicted octanol–water partition coefficient (Wildman–Crippen LogP) is 1.91. The zero-order valence-corrected chi connectivity index (χ0v) is 9.31. The van der Waals surface area contributed by atoms with Crippen molar-refractivity contribution >= 4 is 16.7 Å². The van der Waals surface area contributed by atoms with Gasteiger partial charge in [-0.3, -0.25) is 10.1 Å². The molecular formula is C12H11N5. The second kappa shape index (κ2) is 3.55. The van der Waals surface area contributed by atoms with Crippen LogP contribution in [0.2, 0.25) is 0 Å². The maximum Gasteiger partial charge on any atom is 0.181 e. The number of fused-ring (bicyclic) bond motifs is 1. The first-order valence-corrected chi connectivity index (χ1v) is 5.27. The number of H-pyrrole nitrogens is 1. The maximum atomic E-state index is 5.87. The van der Waals surface area contributed by atoms with Gasteiger partial charge in [0, 0.05) is 23.3 Å². The minimum absolute atomic E-state index is 0.670. The van der Waals surface area contributed by atoms with E-state index in [1.54, 1.807) is 12.4 Å². The van der Waals surface area contributed by atoms with Gasteiger partial charge in [0.25, 0.3) is 0 Å². The highest BCUT2D eigenvalue weighted by atomic mass is 15.1. The van der Waals surface area contributed by atoms with Crippen LogP contribution in [-0.2, 0) is 0 Å². The highest BCUT2D eigenvalue weighted by Crippen LogP contribution is 2.26. The summed E-state index contributed by atoms with van der Waals surface area (Å²) in [5, 5.41) is 8.07. The Bertz CT molecular complexity index is 672. The first-order valence-electron chi connectivity index (χ1n) is 5.27. The van der Waals surface area contributed by atoms with Crippen molar-refractivity contribution in [3.05, 3.63) is 36.3 Å². The van der Waals surface area contributed by atoms with E-state index in [0.717, 1.165) is 22.3 Å². The lowest BCUT2D eigenvalue weighted by molar-refractivity contribution is 1.09. The topological polar surface area (TPSA) is 80.5 Å². The minimum Gasteiger partial charge on any atom is -0.397 e. The SMILES string of the molecule is Cc1nc2n[nH]c(-c3cccnc3)c2cc1N. The molecule has 0 fully saturated rings. The fourth-order valence-corrected chi connectivity index (χ4v) is 1.78. The Labute approximate surface area is 97.7 Å². The van der Waals surface area contributed by atoms with Crippen molar-refractivity contribution in [1.29, 1.82) is 0 Å². The summed E-state index contributed by atoms with van der Waals surface area (Å²) in [6.45, 7) is 1.87. The van der Waals surface area contributed by atoms with Crippen LogP contribution in [0.3, 0.4) is 0 Å². The van der Waals surface area contributed by atoms with Crippen molar-refractivity contribution in [2.75, 3.05) is 5.73 Å². The van der Waals surface area contributed by atoms with Crippen LogP contribution < -0.4 is 5.73 Å². The fourth-order valence-electron chi connectivity index (χ4n) is 1.78. The third-order valence-corrected chi connectivity index (χ3v) is 2.73. The van der Waals surface area contributed by atoms with E-state index < -0.39 is 0 Å². The van der Waals surface area contributed by atoms with Crippen LogP contribution >= 0.6 is 0 Å². The molecule has 0 aliphatic rings. The quantitative estimate of drug-likeness (QED) is 0.663. The molecule has 17 heavy (non-hydrogen) atoms. The van der Waals surface area contributed by atoms with Crippen molar-refractivity contribution < 1.29 is 0 Å². The molecule has 5 nitrogen and oxygen atoms in total. The van der Waals surface area contributed by atoms with E-state index >= 15 is 0 Å². The van der Waals surface area contributed by atoms with Gasteiger partial charge in [0.1, 0.15) is 0 Å². The minimum atomic E-state index is 0.670. The van der Waals surface area contributed by atoms with Gasteiger partial charge in [0.05, 0.1) is 17.1 Å². The second-order valence-electron chi connectivity index (χ2n) is 3.87. The van der Waals surface area contributed by atoms with Gasteiger partial charge < -0.3 is 5.73 Å². The summed E-state index contributed by atoms with van der Waals surface area (Å²) in [5.74, 6) is 0. The largest absolute Gasteiger partial charge is 0.397 e. The molecule has 0 saturated carbocycles. The molecule has 3 rings (SSSR count). The highest BCUT2D eigenvalue weighted by Gasteiger charge is 2.10. The molecule has 0 spiro atoms. The number of rotatable bonds is 1. The first-order chi connectivity index (χ1) is 8.25. The summed E-state index contributed by atoms with van der Waals surface area (Å²) < 4.78 is 0. The van der Waals surface area contributed by atoms with Crippen LogP contribution in [0.5, 0.6) is 0 Å². The summed E-state index contributed by atoms with van der Waals surface area (Å²) >= 11 is 0. The molecule has 0 aliphatic carbocycles. The van der Waals surface area contributed by atoms with E-state index in [9.17, 15) is 0 Å². The van der Waals surface area contributed by atoms with Crippen LogP contribution in [0.25, 0.3) is 22.3 Å². The molecule has 3 N–H and O–H groups in total. The lowest BCUT2D eigenvalue weighted by Gasteiger charge is -2.00. The molecule has 0 unspecified atom stereocenters. The van der Waals surface area contributed by atoms with Gasteiger partial charge >= 0.3 is 0 Å². The lowest BCUT2D eigenvalue weighted by atomic mass is 10.1. The summed E-state index contributed by atoms with van der Waals surface area (Å²) in [6.07, 6.45) is 3.52. The molecule has 0 bridgehead atoms. The number of nitrogens with two attached hydrogens (primary N) is 1. The summed E-state index contributed by atoms with van der Waals surface area (Å²) in [5.41, 5.74) is 9.88. The summed E-state index contributed by atoms with van der Waals surface area (Å²) in [6, 6.07) is 5.74. The fraction of sp³-hybridized carbons (Fsp3) is 0.0833. The Hall–Kier alpha value is -2.43. The third kappa shape index (κ3) is 1.52. The van der Waals surface area contributed by atoms with Gasteiger partial charge in [0.2, 0.25) is 0 Å². The number of nitrogens with one attached hydrogen (secondary N) is 1. The van der Waals surface area contributed by atoms with Crippen molar-refractivity contribution in [1.82, 2.24) is 20.2 Å². The molecule has 84 valence electrons. The Morgan fingerprint density at radius 1 is 1.35 bits per heavy atom. The van der Waals surface area contributed by atoms with Crippen LogP contribution in [0.15, 0.2) is 30.6 Å². The number of aromatic nitrogens is 4. The number of nitrogens with zero attached hydrogens (tertiary/aromatic N) is 3. The van der Waals surface area contributed by atoms with Gasteiger partial charge in [0.15, 0.2) is 5.65 Å². The van der Waals surface area contributed by atoms with Crippen LogP contribution in [0.1, 0.15) is 5.69 Å². The molecule has 3 heterocycles. The number of pyridine rings is 2. The Morgan fingerprint density at radius 2 is 2.24 bits per heavy atom. The molecule has 0 amide bonds. The predicted molar refractivity (Wildman–Crippen MR) is 66.3 cm³/mol. The zero-order chi connectivity index (χ0) is 11.8. The van der Waals surface area contributed by atoms with Crippen LogP contribution in [0.4, 0.5) is 5.69 Å². The van der Waals surface area contributed by atoms with E-state index in [2.05, 4.69) is 20.2 Å². The number of anilines is 1. The molecule has 0 radical (unpaired) electrons. The van der Waals surface area contributed by atoms with Gasteiger partial charge in [-0.05, 0) is 25.1 Å². The molecule has 3 aromatic rings. The van der Waals surface area contributed by atoms with Crippen molar-refractivity contribution in [3.8, 4) is 11.3 Å². The van der Waals surface area contributed by atoms with Gasteiger partial charge in [-0.2, -0.15) is 5.10 Å². The average molecular weight is 225 g/mol. The number of hydrogen-bond acceptors (Lipinski definition) is 4. The second-order valence-corrected chi connectivity index (χ2v) is 3.87. The van der Waals surface area contributed by atoms with Crippen molar-refractivity contribution in [3.63, 3.8) is 0 Å². The standard InChI is InChI=1S/C12H11N5/c1-7-10(13)5-9-11(16-17-12(9)15-7)8-3-2-4-14-6-8/h2-6H,13H2,1H3,(H,15,16,17). The number of aromatic amines is 1. The summed E-state index contributed by atoms with van der Waals surface area (Å²) in [4.78, 5) is 8.42. The zero-order valence-electron chi connectivity index (χ0n) is 9.31. The Balaban J connectivity index is 2.29. The van der Waals surface area contributed by atoms with E-state index in [1.165, 1.54) is 0 Å². The van der Waals surface area contributed by atoms with E-state index in [4.69, 9.17) is 5.73 Å². The van der Waals surface area contributed by atoms with E-state index in [1.807, 2.05) is 25.1 Å². The molecule has 5 heteroatoms. The number of aryl methyl sites for hydroxylation is 1. The van der Waals surface area contributed by atoms with E-state index in [-0.39, 0.29) is 0 Å². The molecule has 0 saturated heterocycles. The van der Waals surface area contributed by atoms with Crippen molar-refractivity contribution in [2.45, 2.75) is 6.92 Å². The number of nitrogen functional groups attached to an aromatic ring is 1. The van der Waals surface area contributed by atoms with Gasteiger partial charge in [-0.15, -0.1) is 0 Å². The first kappa shape index (κ1) is 9.77. The maximum absolute atomic E-state index is 5.87. The lowest BCUT2D eigenvalue weighted by Crippen LogP contribution is -1.92. The molecular weight excluding hydrogens is 214 g/mol. The molecule has 0 aromatic carbocycles. The molecule has 3 aromatic heterocycles. The van der Waals surface area contributed by atoms with Crippen LogP contribution in [-0.4, -0.2) is 20.2 Å². The average Bonchev–Trinajstić information content (AvgIpc) is 2.74. The third-order valence-electron chi connectivity index (χ3n) is 2.73. The van der Waals surface area contributed by atoms with Gasteiger partial charge in [-0.1, -0.05) is 0 Å². The normalized spacial score (nSPS) is 10.9. The van der Waals surface area contributed by atoms with E-state index in [0.29, 0.717) is 11.3 Å². The summed E-state index contributed by atoms with van der Waals surface area (Å²) in [7, 11) is 0. The molecule has 0 atom stereocenters. The Morgan fingerprint density at radius 3 is 3.00 bits per heavy atom. The van der Waals surface area contributed by atoms with Crippen molar-refractivity contribution in [2.24, 2.45) is 0 Å². The Kier molecular flexibility index (Phi) is 2.04. The van der Waals surface area contributed by atoms with Crippen LogP contribution in [0, 0.1) is 6.92 Å². The highest BCUT2D eigenvalue weighted by molar-refractivity contribution is 5.92.